The first-order valence-electron chi connectivity index (χ1n) is 8.11. The molecule has 114 valence electrons. The zero-order chi connectivity index (χ0) is 14.8. The van der Waals surface area contributed by atoms with Gasteiger partial charge in [-0.15, -0.1) is 0 Å². The average Bonchev–Trinajstić information content (AvgIpc) is 2.76. The van der Waals surface area contributed by atoms with E-state index in [2.05, 4.69) is 46.5 Å². The molecule has 4 heteroatoms. The quantitative estimate of drug-likeness (QED) is 0.939. The summed E-state index contributed by atoms with van der Waals surface area (Å²) in [7, 11) is 0. The molecule has 2 aromatic rings. The molecular formula is C17H26N4. The first-order valence-corrected chi connectivity index (χ1v) is 8.11. The van der Waals surface area contributed by atoms with E-state index >= 15 is 0 Å². The predicted octanol–water partition coefficient (Wildman–Crippen LogP) is 3.19. The lowest BCUT2D eigenvalue weighted by Crippen LogP contribution is -2.38. The number of likely N-dealkylation sites (tertiary alicyclic amines) is 1. The molecule has 1 aliphatic rings. The Labute approximate surface area is 126 Å². The molecule has 1 aliphatic heterocycles. The highest BCUT2D eigenvalue weighted by molar-refractivity contribution is 5.79. The number of aromatic nitrogens is 2. The minimum atomic E-state index is 0.641. The van der Waals surface area contributed by atoms with Crippen LogP contribution in [-0.2, 0) is 6.54 Å². The molecule has 0 amide bonds. The van der Waals surface area contributed by atoms with Crippen LogP contribution in [0.2, 0.25) is 0 Å². The molecule has 0 aliphatic carbocycles. The number of anilines is 1. The van der Waals surface area contributed by atoms with Gasteiger partial charge >= 0.3 is 0 Å². The van der Waals surface area contributed by atoms with Crippen molar-refractivity contribution < 1.29 is 0 Å². The number of hydrogen-bond donors (Lipinski definition) is 1. The van der Waals surface area contributed by atoms with Crippen LogP contribution in [-0.4, -0.2) is 33.6 Å². The van der Waals surface area contributed by atoms with E-state index in [1.54, 1.807) is 0 Å². The fourth-order valence-electron chi connectivity index (χ4n) is 3.42. The van der Waals surface area contributed by atoms with Gasteiger partial charge in [-0.1, -0.05) is 12.5 Å². The largest absolute Gasteiger partial charge is 0.369 e. The highest BCUT2D eigenvalue weighted by Gasteiger charge is 2.17. The number of nitrogen functional groups attached to an aromatic ring is 1. The molecule has 2 heterocycles. The molecule has 1 aromatic carbocycles. The lowest BCUT2D eigenvalue weighted by atomic mass is 10.0. The minimum Gasteiger partial charge on any atom is -0.369 e. The number of benzene rings is 1. The molecule has 21 heavy (non-hydrogen) atoms. The lowest BCUT2D eigenvalue weighted by molar-refractivity contribution is 0.157. The molecule has 0 saturated carbocycles. The van der Waals surface area contributed by atoms with E-state index in [4.69, 9.17) is 5.73 Å². The van der Waals surface area contributed by atoms with E-state index in [0.29, 0.717) is 5.95 Å². The van der Waals surface area contributed by atoms with Crippen molar-refractivity contribution in [2.75, 3.05) is 18.8 Å². The highest BCUT2D eigenvalue weighted by atomic mass is 15.2. The van der Waals surface area contributed by atoms with Crippen molar-refractivity contribution in [2.45, 2.75) is 52.1 Å². The van der Waals surface area contributed by atoms with Gasteiger partial charge in [0.1, 0.15) is 0 Å². The average molecular weight is 286 g/mol. The number of fused-ring (bicyclic) bond motifs is 1. The Bertz CT molecular complexity index is 617. The number of rotatable bonds is 4. The summed E-state index contributed by atoms with van der Waals surface area (Å²) >= 11 is 0. The maximum Gasteiger partial charge on any atom is 0.201 e. The topological polar surface area (TPSA) is 47.1 Å². The van der Waals surface area contributed by atoms with Crippen LogP contribution in [0, 0.1) is 6.92 Å². The fraction of sp³-hybridized carbons (Fsp3) is 0.588. The third-order valence-corrected chi connectivity index (χ3v) is 4.70. The summed E-state index contributed by atoms with van der Waals surface area (Å²) in [6.45, 7) is 7.80. The Morgan fingerprint density at radius 2 is 2.14 bits per heavy atom. The summed E-state index contributed by atoms with van der Waals surface area (Å²) in [6, 6.07) is 7.11. The van der Waals surface area contributed by atoms with E-state index in [1.807, 2.05) is 0 Å². The second-order valence-corrected chi connectivity index (χ2v) is 6.35. The number of aryl methyl sites for hydroxylation is 2. The molecule has 0 bridgehead atoms. The number of nitrogens with two attached hydrogens (primary N) is 1. The van der Waals surface area contributed by atoms with Crippen LogP contribution in [0.5, 0.6) is 0 Å². The highest BCUT2D eigenvalue weighted by Crippen LogP contribution is 2.20. The van der Waals surface area contributed by atoms with Crippen molar-refractivity contribution in [3.8, 4) is 0 Å². The van der Waals surface area contributed by atoms with Gasteiger partial charge in [0, 0.05) is 19.1 Å². The van der Waals surface area contributed by atoms with Gasteiger partial charge in [-0.2, -0.15) is 0 Å². The van der Waals surface area contributed by atoms with Crippen LogP contribution >= 0.6 is 0 Å². The molecule has 2 N–H and O–H groups in total. The van der Waals surface area contributed by atoms with Gasteiger partial charge in [0.05, 0.1) is 11.0 Å². The van der Waals surface area contributed by atoms with Crippen LogP contribution in [0.1, 0.15) is 38.2 Å². The summed E-state index contributed by atoms with van der Waals surface area (Å²) in [5.74, 6) is 0.641. The summed E-state index contributed by atoms with van der Waals surface area (Å²) < 4.78 is 2.16. The summed E-state index contributed by atoms with van der Waals surface area (Å²) in [4.78, 5) is 7.10. The first kappa shape index (κ1) is 14.4. The Balaban J connectivity index is 1.66. The maximum atomic E-state index is 6.09. The summed E-state index contributed by atoms with van der Waals surface area (Å²) in [6.07, 6.45) is 5.21. The van der Waals surface area contributed by atoms with Crippen molar-refractivity contribution in [3.63, 3.8) is 0 Å². The monoisotopic (exact) mass is 286 g/mol. The third kappa shape index (κ3) is 3.05. The van der Waals surface area contributed by atoms with Gasteiger partial charge in [0.2, 0.25) is 5.95 Å². The van der Waals surface area contributed by atoms with E-state index in [1.165, 1.54) is 31.4 Å². The van der Waals surface area contributed by atoms with E-state index in [9.17, 15) is 0 Å². The molecule has 1 aromatic heterocycles. The van der Waals surface area contributed by atoms with Gasteiger partial charge in [-0.05, 0) is 57.4 Å². The molecule has 1 unspecified atom stereocenters. The van der Waals surface area contributed by atoms with Gasteiger partial charge in [0.15, 0.2) is 0 Å². The fourth-order valence-corrected chi connectivity index (χ4v) is 3.42. The molecule has 1 atom stereocenters. The zero-order valence-corrected chi connectivity index (χ0v) is 13.2. The molecule has 1 saturated heterocycles. The molecule has 3 rings (SSSR count). The molecule has 0 spiro atoms. The Morgan fingerprint density at radius 3 is 2.95 bits per heavy atom. The van der Waals surface area contributed by atoms with E-state index < -0.39 is 0 Å². The third-order valence-electron chi connectivity index (χ3n) is 4.70. The second kappa shape index (κ2) is 6.06. The molecule has 4 nitrogen and oxygen atoms in total. The van der Waals surface area contributed by atoms with Crippen LogP contribution in [0.4, 0.5) is 5.95 Å². The van der Waals surface area contributed by atoms with Gasteiger partial charge < -0.3 is 15.2 Å². The number of imidazole rings is 1. The first-order chi connectivity index (χ1) is 10.1. The normalized spacial score (nSPS) is 20.2. The second-order valence-electron chi connectivity index (χ2n) is 6.35. The minimum absolute atomic E-state index is 0.641. The Kier molecular flexibility index (Phi) is 4.15. The molecule has 0 radical (unpaired) electrons. The standard InChI is InChI=1S/C17H26N4/c1-13-7-8-16-15(12-13)19-17(18)21(16)11-5-10-20-9-4-3-6-14(20)2/h7-8,12,14H,3-6,9-11H2,1-2H3,(H2,18,19). The molecule has 1 fully saturated rings. The Hall–Kier alpha value is -1.55. The van der Waals surface area contributed by atoms with Crippen molar-refractivity contribution >= 4 is 17.0 Å². The SMILES string of the molecule is Cc1ccc2c(c1)nc(N)n2CCCN1CCCCC1C. The number of hydrogen-bond acceptors (Lipinski definition) is 3. The molecular weight excluding hydrogens is 260 g/mol. The number of piperidine rings is 1. The van der Waals surface area contributed by atoms with Crippen molar-refractivity contribution in [2.24, 2.45) is 0 Å². The van der Waals surface area contributed by atoms with E-state index in [-0.39, 0.29) is 0 Å². The smallest absolute Gasteiger partial charge is 0.201 e. The van der Waals surface area contributed by atoms with E-state index in [0.717, 1.165) is 36.6 Å². The van der Waals surface area contributed by atoms with Gasteiger partial charge in [-0.25, -0.2) is 4.98 Å². The van der Waals surface area contributed by atoms with Gasteiger partial charge in [0.25, 0.3) is 0 Å². The van der Waals surface area contributed by atoms with Crippen molar-refractivity contribution in [1.29, 1.82) is 0 Å². The maximum absolute atomic E-state index is 6.09. The summed E-state index contributed by atoms with van der Waals surface area (Å²) in [5.41, 5.74) is 9.49. The zero-order valence-electron chi connectivity index (χ0n) is 13.2. The van der Waals surface area contributed by atoms with Crippen LogP contribution < -0.4 is 5.73 Å². The summed E-state index contributed by atoms with van der Waals surface area (Å²) in [5, 5.41) is 0. The van der Waals surface area contributed by atoms with Crippen LogP contribution in [0.15, 0.2) is 18.2 Å². The predicted molar refractivity (Wildman–Crippen MR) is 88.4 cm³/mol. The van der Waals surface area contributed by atoms with Crippen molar-refractivity contribution in [1.82, 2.24) is 14.5 Å². The van der Waals surface area contributed by atoms with Crippen molar-refractivity contribution in [3.05, 3.63) is 23.8 Å². The Morgan fingerprint density at radius 1 is 1.29 bits per heavy atom. The van der Waals surface area contributed by atoms with Crippen LogP contribution in [0.25, 0.3) is 11.0 Å². The van der Waals surface area contributed by atoms with Crippen LogP contribution in [0.3, 0.4) is 0 Å². The number of nitrogens with zero attached hydrogens (tertiary/aromatic N) is 3. The lowest BCUT2D eigenvalue weighted by Gasteiger charge is -2.33. The van der Waals surface area contributed by atoms with Gasteiger partial charge in [-0.3, -0.25) is 0 Å².